The molecule has 0 radical (unpaired) electrons. The van der Waals surface area contributed by atoms with Crippen LogP contribution in [0.5, 0.6) is 17.2 Å². The van der Waals surface area contributed by atoms with E-state index in [9.17, 15) is 24.2 Å². The van der Waals surface area contributed by atoms with Gasteiger partial charge in [0.1, 0.15) is 29.7 Å². The van der Waals surface area contributed by atoms with Gasteiger partial charge < -0.3 is 25.0 Å². The van der Waals surface area contributed by atoms with Crippen LogP contribution in [-0.4, -0.2) is 31.3 Å². The number of H-pyrrole nitrogens is 1. The average Bonchev–Trinajstić information content (AvgIpc) is 2.64. The smallest absolute Gasteiger partial charge is 0.358 e. The Hall–Kier alpha value is -3.88. The van der Waals surface area contributed by atoms with Crippen molar-refractivity contribution in [1.82, 2.24) is 9.97 Å². The molecule has 0 aliphatic rings. The van der Waals surface area contributed by atoms with Crippen LogP contribution in [0.3, 0.4) is 0 Å². The number of nitrogens with zero attached hydrogens (tertiary/aromatic N) is 1. The summed E-state index contributed by atoms with van der Waals surface area (Å²) >= 11 is 0. The molecule has 0 bridgehead atoms. The van der Waals surface area contributed by atoms with Crippen molar-refractivity contribution in [3.8, 4) is 28.6 Å². The van der Waals surface area contributed by atoms with Gasteiger partial charge in [-0.2, -0.15) is 0 Å². The highest BCUT2D eigenvalue weighted by molar-refractivity contribution is 5.88. The fraction of sp³-hybridized carbons (Fsp3) is 0.105. The number of aromatic hydroxyl groups is 2. The van der Waals surface area contributed by atoms with Crippen LogP contribution in [0.15, 0.2) is 41.2 Å². The van der Waals surface area contributed by atoms with Gasteiger partial charge in [0.05, 0.1) is 0 Å². The first-order chi connectivity index (χ1) is 13.3. The molecule has 9 heteroatoms. The number of aromatic nitrogens is 2. The lowest BCUT2D eigenvalue weighted by Crippen LogP contribution is -2.15. The molecule has 0 saturated carbocycles. The summed E-state index contributed by atoms with van der Waals surface area (Å²) in [4.78, 5) is 28.8. The number of carbonyl (C=O) groups is 1. The Balaban J connectivity index is 1.95. The second-order valence-electron chi connectivity index (χ2n) is 5.97. The Labute approximate surface area is 157 Å². The van der Waals surface area contributed by atoms with Crippen LogP contribution < -0.4 is 10.3 Å². The van der Waals surface area contributed by atoms with E-state index in [2.05, 4.69) is 9.97 Å². The molecule has 0 spiro atoms. The Kier molecular flexibility index (Phi) is 4.99. The van der Waals surface area contributed by atoms with E-state index in [-0.39, 0.29) is 29.5 Å². The minimum Gasteiger partial charge on any atom is -0.508 e. The second kappa shape index (κ2) is 7.39. The Morgan fingerprint density at radius 2 is 2.00 bits per heavy atom. The standard InChI is InChI=1S/C19H15FN2O6/c1-9-3-2-4-10(14(9)20)8-28-13-6-11(5-12(23)7-13)17-21-15(19(26)27)16(24)18(25)22-17/h2-7,23-24H,8H2,1H3,(H,26,27)(H,21,22,25). The summed E-state index contributed by atoms with van der Waals surface area (Å²) < 4.78 is 19.6. The van der Waals surface area contributed by atoms with Gasteiger partial charge in [-0.25, -0.2) is 14.2 Å². The summed E-state index contributed by atoms with van der Waals surface area (Å²) in [6, 6.07) is 8.75. The van der Waals surface area contributed by atoms with Crippen molar-refractivity contribution in [3.05, 3.63) is 69.4 Å². The molecule has 1 aromatic heterocycles. The lowest BCUT2D eigenvalue weighted by atomic mass is 10.1. The molecule has 28 heavy (non-hydrogen) atoms. The summed E-state index contributed by atoms with van der Waals surface area (Å²) in [6.45, 7) is 1.51. The molecule has 0 unspecified atom stereocenters. The average molecular weight is 386 g/mol. The summed E-state index contributed by atoms with van der Waals surface area (Å²) in [7, 11) is 0. The fourth-order valence-corrected chi connectivity index (χ4v) is 2.54. The molecular weight excluding hydrogens is 371 g/mol. The number of ether oxygens (including phenoxy) is 1. The predicted molar refractivity (Wildman–Crippen MR) is 96.1 cm³/mol. The van der Waals surface area contributed by atoms with Crippen LogP contribution in [0.25, 0.3) is 11.4 Å². The van der Waals surface area contributed by atoms with Crippen LogP contribution in [0.2, 0.25) is 0 Å². The SMILES string of the molecule is Cc1cccc(COc2cc(O)cc(-c3nc(C(=O)O)c(O)c(=O)[nH]3)c2)c1F. The number of carboxylic acid groups (broad SMARTS) is 1. The molecule has 0 atom stereocenters. The first kappa shape index (κ1) is 18.9. The molecule has 3 rings (SSSR count). The van der Waals surface area contributed by atoms with Crippen LogP contribution in [0, 0.1) is 12.7 Å². The molecule has 8 nitrogen and oxygen atoms in total. The van der Waals surface area contributed by atoms with Crippen LogP contribution in [0.1, 0.15) is 21.6 Å². The zero-order chi connectivity index (χ0) is 20.4. The first-order valence-electron chi connectivity index (χ1n) is 8.04. The van der Waals surface area contributed by atoms with Gasteiger partial charge in [0.15, 0.2) is 5.69 Å². The van der Waals surface area contributed by atoms with E-state index in [1.165, 1.54) is 18.2 Å². The Morgan fingerprint density at radius 1 is 1.25 bits per heavy atom. The van der Waals surface area contributed by atoms with Crippen molar-refractivity contribution in [1.29, 1.82) is 0 Å². The molecule has 4 N–H and O–H groups in total. The van der Waals surface area contributed by atoms with Gasteiger partial charge in [-0.1, -0.05) is 18.2 Å². The quantitative estimate of drug-likeness (QED) is 0.530. The number of aromatic amines is 1. The monoisotopic (exact) mass is 386 g/mol. The number of benzene rings is 2. The van der Waals surface area contributed by atoms with Gasteiger partial charge in [-0.05, 0) is 24.6 Å². The van der Waals surface area contributed by atoms with Gasteiger partial charge in [0.2, 0.25) is 5.75 Å². The molecule has 0 fully saturated rings. The predicted octanol–water partition coefficient (Wildman–Crippen LogP) is 2.57. The largest absolute Gasteiger partial charge is 0.508 e. The number of halogens is 1. The van der Waals surface area contributed by atoms with E-state index < -0.39 is 28.8 Å². The molecule has 0 amide bonds. The summed E-state index contributed by atoms with van der Waals surface area (Å²) in [5, 5.41) is 28.5. The summed E-state index contributed by atoms with van der Waals surface area (Å²) in [5.74, 6) is -3.31. The van der Waals surface area contributed by atoms with E-state index in [0.717, 1.165) is 0 Å². The number of phenolic OH excluding ortho intramolecular Hbond substituents is 1. The van der Waals surface area contributed by atoms with E-state index in [1.807, 2.05) is 0 Å². The normalized spacial score (nSPS) is 10.6. The van der Waals surface area contributed by atoms with E-state index >= 15 is 0 Å². The van der Waals surface area contributed by atoms with Crippen molar-refractivity contribution in [2.75, 3.05) is 0 Å². The number of aryl methyl sites for hydroxylation is 1. The number of nitrogens with one attached hydrogen (secondary N) is 1. The van der Waals surface area contributed by atoms with Gasteiger partial charge >= 0.3 is 5.97 Å². The highest BCUT2D eigenvalue weighted by Gasteiger charge is 2.18. The maximum absolute atomic E-state index is 14.1. The minimum atomic E-state index is -1.59. The van der Waals surface area contributed by atoms with Crippen LogP contribution in [0.4, 0.5) is 4.39 Å². The van der Waals surface area contributed by atoms with Crippen molar-refractivity contribution in [2.45, 2.75) is 13.5 Å². The van der Waals surface area contributed by atoms with Crippen molar-refractivity contribution in [2.24, 2.45) is 0 Å². The zero-order valence-electron chi connectivity index (χ0n) is 14.6. The lowest BCUT2D eigenvalue weighted by Gasteiger charge is -2.11. The molecule has 144 valence electrons. The Morgan fingerprint density at radius 3 is 2.71 bits per heavy atom. The number of phenols is 1. The van der Waals surface area contributed by atoms with E-state index in [4.69, 9.17) is 9.84 Å². The van der Waals surface area contributed by atoms with E-state index in [1.54, 1.807) is 25.1 Å². The van der Waals surface area contributed by atoms with Gasteiger partial charge in [-0.3, -0.25) is 4.79 Å². The fourth-order valence-electron chi connectivity index (χ4n) is 2.54. The van der Waals surface area contributed by atoms with Gasteiger partial charge in [0, 0.05) is 17.2 Å². The number of hydrogen-bond acceptors (Lipinski definition) is 6. The van der Waals surface area contributed by atoms with Crippen LogP contribution in [-0.2, 0) is 6.61 Å². The highest BCUT2D eigenvalue weighted by atomic mass is 19.1. The van der Waals surface area contributed by atoms with Crippen LogP contribution >= 0.6 is 0 Å². The molecule has 0 aliphatic heterocycles. The summed E-state index contributed by atoms with van der Waals surface area (Å²) in [5.41, 5.74) is -0.959. The van der Waals surface area contributed by atoms with Crippen molar-refractivity contribution >= 4 is 5.97 Å². The number of hydrogen-bond donors (Lipinski definition) is 4. The van der Waals surface area contributed by atoms with E-state index in [0.29, 0.717) is 11.1 Å². The van der Waals surface area contributed by atoms with Gasteiger partial charge in [0.25, 0.3) is 5.56 Å². The highest BCUT2D eigenvalue weighted by Crippen LogP contribution is 2.28. The first-order valence-corrected chi connectivity index (χ1v) is 8.04. The summed E-state index contributed by atoms with van der Waals surface area (Å²) in [6.07, 6.45) is 0. The molecular formula is C19H15FN2O6. The molecule has 3 aromatic rings. The zero-order valence-corrected chi connectivity index (χ0v) is 14.6. The molecule has 1 heterocycles. The molecule has 0 saturated heterocycles. The number of carboxylic acids is 1. The maximum atomic E-state index is 14.1. The molecule has 0 aliphatic carbocycles. The Bertz CT molecular complexity index is 1130. The topological polar surface area (TPSA) is 133 Å². The van der Waals surface area contributed by atoms with Crippen molar-refractivity contribution < 1.29 is 29.2 Å². The van der Waals surface area contributed by atoms with Gasteiger partial charge in [-0.15, -0.1) is 0 Å². The second-order valence-corrected chi connectivity index (χ2v) is 5.97. The third-order valence-electron chi connectivity index (χ3n) is 3.93. The molecule has 2 aromatic carbocycles. The maximum Gasteiger partial charge on any atom is 0.358 e. The third kappa shape index (κ3) is 3.78. The minimum absolute atomic E-state index is 0.115. The lowest BCUT2D eigenvalue weighted by molar-refractivity contribution is 0.0686. The van der Waals surface area contributed by atoms with Crippen molar-refractivity contribution in [3.63, 3.8) is 0 Å². The third-order valence-corrected chi connectivity index (χ3v) is 3.93. The number of rotatable bonds is 5. The number of aromatic carboxylic acids is 1.